The van der Waals surface area contributed by atoms with Gasteiger partial charge in [-0.1, -0.05) is 18.2 Å². The third-order valence-electron chi connectivity index (χ3n) is 5.03. The minimum Gasteiger partial charge on any atom is -0.459 e. The van der Waals surface area contributed by atoms with Crippen molar-refractivity contribution in [2.75, 3.05) is 40.0 Å². The summed E-state index contributed by atoms with van der Waals surface area (Å²) < 4.78 is 17.1. The summed E-state index contributed by atoms with van der Waals surface area (Å²) in [7, 11) is 1.78. The molecule has 0 saturated carbocycles. The summed E-state index contributed by atoms with van der Waals surface area (Å²) in [6.45, 7) is 6.90. The van der Waals surface area contributed by atoms with Gasteiger partial charge in [0, 0.05) is 51.0 Å². The molecule has 0 amide bonds. The van der Waals surface area contributed by atoms with Gasteiger partial charge >= 0.3 is 0 Å². The summed E-state index contributed by atoms with van der Waals surface area (Å²) in [6, 6.07) is 8.12. The Morgan fingerprint density at radius 2 is 2.04 bits per heavy atom. The van der Waals surface area contributed by atoms with Crippen LogP contribution in [-0.2, 0) is 16.0 Å². The van der Waals surface area contributed by atoms with Crippen molar-refractivity contribution in [1.82, 2.24) is 10.6 Å². The average molecular weight is 373 g/mol. The van der Waals surface area contributed by atoms with Crippen molar-refractivity contribution in [2.24, 2.45) is 10.9 Å². The second-order valence-electron chi connectivity index (χ2n) is 6.98. The van der Waals surface area contributed by atoms with E-state index in [9.17, 15) is 0 Å². The molecule has 0 unspecified atom stereocenters. The van der Waals surface area contributed by atoms with Crippen molar-refractivity contribution in [3.8, 4) is 0 Å². The first-order valence-electron chi connectivity index (χ1n) is 9.85. The van der Waals surface area contributed by atoms with E-state index in [1.807, 2.05) is 18.2 Å². The van der Waals surface area contributed by atoms with Gasteiger partial charge in [-0.25, -0.2) is 0 Å². The zero-order valence-electron chi connectivity index (χ0n) is 16.4. The van der Waals surface area contributed by atoms with Crippen LogP contribution >= 0.6 is 0 Å². The molecule has 148 valence electrons. The monoisotopic (exact) mass is 373 g/mol. The second kappa shape index (κ2) is 10.3. The minimum absolute atomic E-state index is 0.612. The Hall–Kier alpha value is -2.05. The Kier molecular flexibility index (Phi) is 7.54. The molecule has 6 nitrogen and oxygen atoms in total. The van der Waals surface area contributed by atoms with Crippen LogP contribution in [0.15, 0.2) is 33.7 Å². The van der Waals surface area contributed by atoms with Gasteiger partial charge < -0.3 is 24.5 Å². The summed E-state index contributed by atoms with van der Waals surface area (Å²) >= 11 is 0. The van der Waals surface area contributed by atoms with Gasteiger partial charge in [0.2, 0.25) is 0 Å². The van der Waals surface area contributed by atoms with Gasteiger partial charge in [0.25, 0.3) is 0 Å². The van der Waals surface area contributed by atoms with Crippen LogP contribution in [0.3, 0.4) is 0 Å². The fourth-order valence-corrected chi connectivity index (χ4v) is 3.32. The molecule has 1 aliphatic rings. The molecule has 2 N–H and O–H groups in total. The summed E-state index contributed by atoms with van der Waals surface area (Å²) in [5, 5.41) is 7.81. The number of benzene rings is 1. The molecule has 2 heterocycles. The summed E-state index contributed by atoms with van der Waals surface area (Å²) in [4.78, 5) is 4.28. The molecule has 1 aromatic carbocycles. The molecule has 1 saturated heterocycles. The number of rotatable bonds is 8. The molecule has 1 aromatic heterocycles. The number of hydrogen-bond acceptors (Lipinski definition) is 4. The van der Waals surface area contributed by atoms with Crippen LogP contribution in [0.4, 0.5) is 0 Å². The lowest BCUT2D eigenvalue weighted by molar-refractivity contribution is 0.0203. The Bertz CT molecular complexity index is 735. The Balaban J connectivity index is 1.33. The molecule has 1 aliphatic heterocycles. The van der Waals surface area contributed by atoms with Gasteiger partial charge in [0.1, 0.15) is 11.3 Å². The van der Waals surface area contributed by atoms with Crippen molar-refractivity contribution < 1.29 is 13.9 Å². The Morgan fingerprint density at radius 3 is 2.81 bits per heavy atom. The van der Waals surface area contributed by atoms with Crippen LogP contribution in [-0.4, -0.2) is 46.0 Å². The maximum Gasteiger partial charge on any atom is 0.191 e. The highest BCUT2D eigenvalue weighted by molar-refractivity contribution is 5.82. The van der Waals surface area contributed by atoms with E-state index >= 15 is 0 Å². The summed E-state index contributed by atoms with van der Waals surface area (Å²) in [6.07, 6.45) is 3.19. The molecule has 0 atom stereocenters. The number of ether oxygens (including phenoxy) is 2. The number of guanidine groups is 1. The lowest BCUT2D eigenvalue weighted by Crippen LogP contribution is -2.37. The number of fused-ring (bicyclic) bond motifs is 1. The maximum atomic E-state index is 5.93. The van der Waals surface area contributed by atoms with E-state index in [-0.39, 0.29) is 0 Å². The molecular formula is C21H31N3O3. The third kappa shape index (κ3) is 5.71. The van der Waals surface area contributed by atoms with Crippen LogP contribution in [0.25, 0.3) is 11.0 Å². The quantitative estimate of drug-likeness (QED) is 0.422. The highest BCUT2D eigenvalue weighted by Crippen LogP contribution is 2.24. The number of furan rings is 1. The smallest absolute Gasteiger partial charge is 0.191 e. The van der Waals surface area contributed by atoms with Crippen LogP contribution in [0, 0.1) is 12.8 Å². The zero-order chi connectivity index (χ0) is 18.9. The molecular weight excluding hydrogens is 342 g/mol. The predicted octanol–water partition coefficient (Wildman–Crippen LogP) is 3.24. The van der Waals surface area contributed by atoms with Crippen molar-refractivity contribution in [3.05, 3.63) is 35.6 Å². The van der Waals surface area contributed by atoms with Gasteiger partial charge in [0.15, 0.2) is 5.96 Å². The van der Waals surface area contributed by atoms with E-state index in [1.54, 1.807) is 7.05 Å². The summed E-state index contributed by atoms with van der Waals surface area (Å²) in [5.41, 5.74) is 2.10. The van der Waals surface area contributed by atoms with E-state index in [0.717, 1.165) is 69.5 Å². The van der Waals surface area contributed by atoms with Gasteiger partial charge in [-0.05, 0) is 38.2 Å². The Labute approximate surface area is 161 Å². The molecule has 0 spiro atoms. The highest BCUT2D eigenvalue weighted by atomic mass is 16.5. The van der Waals surface area contributed by atoms with E-state index in [2.05, 4.69) is 28.6 Å². The molecule has 6 heteroatoms. The fourth-order valence-electron chi connectivity index (χ4n) is 3.32. The van der Waals surface area contributed by atoms with Gasteiger partial charge in [-0.15, -0.1) is 0 Å². The number of para-hydroxylation sites is 1. The molecule has 0 bridgehead atoms. The molecule has 27 heavy (non-hydrogen) atoms. The van der Waals surface area contributed by atoms with E-state index in [4.69, 9.17) is 13.9 Å². The van der Waals surface area contributed by atoms with Crippen molar-refractivity contribution in [2.45, 2.75) is 32.7 Å². The van der Waals surface area contributed by atoms with Crippen molar-refractivity contribution in [1.29, 1.82) is 0 Å². The van der Waals surface area contributed by atoms with Crippen molar-refractivity contribution in [3.63, 3.8) is 0 Å². The first kappa shape index (κ1) is 19.7. The average Bonchev–Trinajstić information content (AvgIpc) is 3.03. The van der Waals surface area contributed by atoms with Crippen LogP contribution in [0.1, 0.15) is 30.6 Å². The maximum absolute atomic E-state index is 5.93. The van der Waals surface area contributed by atoms with Crippen LogP contribution in [0.5, 0.6) is 0 Å². The molecule has 3 rings (SSSR count). The molecule has 2 aromatic rings. The number of aryl methyl sites for hydroxylation is 1. The Morgan fingerprint density at radius 1 is 1.22 bits per heavy atom. The fraction of sp³-hybridized carbons (Fsp3) is 0.571. The standard InChI is InChI=1S/C21H31N3O3/c1-16-18-6-3-4-7-19(18)27-20(16)14-24-21(22-2)23-10-5-11-26-15-17-8-12-25-13-9-17/h3-4,6-7,17H,5,8-15H2,1-2H3,(H2,22,23,24). The van der Waals surface area contributed by atoms with Gasteiger partial charge in [-0.3, -0.25) is 4.99 Å². The molecule has 0 radical (unpaired) electrons. The third-order valence-corrected chi connectivity index (χ3v) is 5.03. The van der Waals surface area contributed by atoms with Gasteiger partial charge in [0.05, 0.1) is 6.54 Å². The zero-order valence-corrected chi connectivity index (χ0v) is 16.4. The van der Waals surface area contributed by atoms with E-state index < -0.39 is 0 Å². The lowest BCUT2D eigenvalue weighted by atomic mass is 10.0. The first-order valence-corrected chi connectivity index (χ1v) is 9.85. The normalized spacial score (nSPS) is 16.0. The molecule has 1 fully saturated rings. The molecule has 0 aliphatic carbocycles. The first-order chi connectivity index (χ1) is 13.3. The largest absolute Gasteiger partial charge is 0.459 e. The topological polar surface area (TPSA) is 68.0 Å². The minimum atomic E-state index is 0.612. The van der Waals surface area contributed by atoms with Crippen molar-refractivity contribution >= 4 is 16.9 Å². The predicted molar refractivity (Wildman–Crippen MR) is 108 cm³/mol. The number of nitrogens with zero attached hydrogens (tertiary/aromatic N) is 1. The van der Waals surface area contributed by atoms with E-state index in [1.165, 1.54) is 10.9 Å². The number of nitrogens with one attached hydrogen (secondary N) is 2. The second-order valence-corrected chi connectivity index (χ2v) is 6.98. The lowest BCUT2D eigenvalue weighted by Gasteiger charge is -2.21. The number of aliphatic imine (C=N–C) groups is 1. The number of hydrogen-bond donors (Lipinski definition) is 2. The van der Waals surface area contributed by atoms with Crippen LogP contribution < -0.4 is 10.6 Å². The van der Waals surface area contributed by atoms with E-state index in [0.29, 0.717) is 12.5 Å². The summed E-state index contributed by atoms with van der Waals surface area (Å²) in [5.74, 6) is 2.38. The SMILES string of the molecule is CN=C(NCCCOCC1CCOCC1)NCc1oc2ccccc2c1C. The highest BCUT2D eigenvalue weighted by Gasteiger charge is 2.13. The van der Waals surface area contributed by atoms with Crippen LogP contribution in [0.2, 0.25) is 0 Å². The van der Waals surface area contributed by atoms with Gasteiger partial charge in [-0.2, -0.15) is 0 Å².